The van der Waals surface area contributed by atoms with E-state index in [1.165, 1.54) is 12.3 Å². The van der Waals surface area contributed by atoms with Gasteiger partial charge in [0.1, 0.15) is 6.07 Å². The lowest BCUT2D eigenvalue weighted by atomic mass is 10.2. The van der Waals surface area contributed by atoms with Gasteiger partial charge in [-0.25, -0.2) is 5.10 Å². The highest BCUT2D eigenvalue weighted by Crippen LogP contribution is 2.08. The van der Waals surface area contributed by atoms with Crippen molar-refractivity contribution in [1.29, 1.82) is 5.26 Å². The molecule has 0 spiro atoms. The van der Waals surface area contributed by atoms with Gasteiger partial charge in [-0.15, -0.1) is 0 Å². The average Bonchev–Trinajstić information content (AvgIpc) is 2.39. The van der Waals surface area contributed by atoms with E-state index >= 15 is 0 Å². The first-order valence-corrected chi connectivity index (χ1v) is 5.86. The molecule has 1 aromatic heterocycles. The summed E-state index contributed by atoms with van der Waals surface area (Å²) < 4.78 is 5.27. The third kappa shape index (κ3) is 4.89. The van der Waals surface area contributed by atoms with E-state index in [4.69, 9.17) is 10.00 Å². The number of nitrogens with zero attached hydrogens (tertiary/aromatic N) is 2. The highest BCUT2D eigenvalue weighted by atomic mass is 16.5. The van der Waals surface area contributed by atoms with Crippen LogP contribution >= 0.6 is 0 Å². The third-order valence-electron chi connectivity index (χ3n) is 2.47. The second-order valence-corrected chi connectivity index (χ2v) is 4.14. The minimum atomic E-state index is -0.491. The number of carbonyl (C=O) groups is 1. The zero-order chi connectivity index (χ0) is 14.3. The van der Waals surface area contributed by atoms with E-state index < -0.39 is 5.78 Å². The summed E-state index contributed by atoms with van der Waals surface area (Å²) in [6.45, 7) is 4.16. The first kappa shape index (κ1) is 14.9. The van der Waals surface area contributed by atoms with Gasteiger partial charge in [0.15, 0.2) is 0 Å². The Morgan fingerprint density at radius 3 is 3.11 bits per heavy atom. The maximum atomic E-state index is 11.3. The maximum absolute atomic E-state index is 11.3. The maximum Gasteiger partial charge on any atom is 0.269 e. The first-order chi connectivity index (χ1) is 9.04. The molecule has 1 rings (SSSR count). The van der Waals surface area contributed by atoms with Crippen LogP contribution in [-0.4, -0.2) is 35.2 Å². The van der Waals surface area contributed by atoms with Crippen molar-refractivity contribution in [3.8, 4) is 6.07 Å². The van der Waals surface area contributed by atoms with Gasteiger partial charge in [0.05, 0.1) is 25.1 Å². The third-order valence-corrected chi connectivity index (χ3v) is 2.47. The zero-order valence-corrected chi connectivity index (χ0v) is 10.9. The summed E-state index contributed by atoms with van der Waals surface area (Å²) in [5.74, 6) is -0.491. The van der Waals surface area contributed by atoms with Crippen molar-refractivity contribution in [2.75, 3.05) is 18.5 Å². The molecule has 0 bridgehead atoms. The Bertz CT molecular complexity index is 533. The number of rotatable bonds is 7. The molecule has 7 nitrogen and oxygen atoms in total. The molecule has 1 atom stereocenters. The summed E-state index contributed by atoms with van der Waals surface area (Å²) in [5.41, 5.74) is 0.965. The van der Waals surface area contributed by atoms with E-state index in [0.29, 0.717) is 17.9 Å². The quantitative estimate of drug-likeness (QED) is 0.544. The van der Waals surface area contributed by atoms with Crippen LogP contribution < -0.4 is 10.9 Å². The van der Waals surface area contributed by atoms with Gasteiger partial charge in [-0.05, 0) is 13.8 Å². The number of hydrogen-bond acceptors (Lipinski definition) is 6. The molecule has 0 saturated heterocycles. The Morgan fingerprint density at radius 1 is 1.68 bits per heavy atom. The van der Waals surface area contributed by atoms with Crippen LogP contribution in [0.4, 0.5) is 5.69 Å². The normalized spacial score (nSPS) is 11.6. The molecule has 7 heteroatoms. The van der Waals surface area contributed by atoms with Crippen LogP contribution in [0.2, 0.25) is 0 Å². The number of hydrogen-bond donors (Lipinski definition) is 2. The molecule has 0 aliphatic heterocycles. The van der Waals surface area contributed by atoms with E-state index in [1.54, 1.807) is 6.92 Å². The van der Waals surface area contributed by atoms with Crippen molar-refractivity contribution >= 4 is 11.5 Å². The van der Waals surface area contributed by atoms with Crippen molar-refractivity contribution in [3.05, 3.63) is 22.1 Å². The predicted octanol–water partition coefficient (Wildman–Crippen LogP) is 0.378. The van der Waals surface area contributed by atoms with E-state index in [0.717, 1.165) is 0 Å². The Labute approximate surface area is 110 Å². The lowest BCUT2D eigenvalue weighted by Gasteiger charge is -2.15. The molecule has 2 N–H and O–H groups in total. The molecule has 0 unspecified atom stereocenters. The van der Waals surface area contributed by atoms with E-state index in [1.807, 2.05) is 6.92 Å². The number of anilines is 1. The summed E-state index contributed by atoms with van der Waals surface area (Å²) in [5, 5.41) is 17.4. The number of ether oxygens (including phenoxy) is 1. The number of H-pyrrole nitrogens is 1. The standard InChI is InChI=1S/C12H16N4O3/c1-8(7-19-4-3-10(17)5-13)15-11-6-14-16-12(18)9(11)2/h6,8H,3-4,7H2,1-2H3,(H2,15,16,18)/t8-/m0/s1. The monoisotopic (exact) mass is 264 g/mol. The molecule has 0 aromatic carbocycles. The largest absolute Gasteiger partial charge is 0.379 e. The molecule has 1 aromatic rings. The predicted molar refractivity (Wildman–Crippen MR) is 68.7 cm³/mol. The van der Waals surface area contributed by atoms with Crippen molar-refractivity contribution in [1.82, 2.24) is 10.2 Å². The van der Waals surface area contributed by atoms with Crippen LogP contribution in [0.5, 0.6) is 0 Å². The molecular weight excluding hydrogens is 248 g/mol. The summed E-state index contributed by atoms with van der Waals surface area (Å²) in [7, 11) is 0. The second-order valence-electron chi connectivity index (χ2n) is 4.14. The molecule has 0 radical (unpaired) electrons. The molecule has 102 valence electrons. The first-order valence-electron chi connectivity index (χ1n) is 5.86. The summed E-state index contributed by atoms with van der Waals surface area (Å²) in [6, 6.07) is 1.48. The zero-order valence-electron chi connectivity index (χ0n) is 10.9. The van der Waals surface area contributed by atoms with Crippen LogP contribution in [0, 0.1) is 18.3 Å². The SMILES string of the molecule is Cc1c(N[C@@H](C)COCCC(=O)C#N)cn[nH]c1=O. The Hall–Kier alpha value is -2.20. The lowest BCUT2D eigenvalue weighted by Crippen LogP contribution is -2.25. The van der Waals surface area contributed by atoms with Gasteiger partial charge in [0.2, 0.25) is 5.78 Å². The lowest BCUT2D eigenvalue weighted by molar-refractivity contribution is -0.115. The highest BCUT2D eigenvalue weighted by Gasteiger charge is 2.07. The minimum absolute atomic E-state index is 0.0421. The number of aromatic nitrogens is 2. The van der Waals surface area contributed by atoms with E-state index in [9.17, 15) is 9.59 Å². The number of nitriles is 1. The van der Waals surface area contributed by atoms with Crippen LogP contribution in [0.25, 0.3) is 0 Å². The summed E-state index contributed by atoms with van der Waals surface area (Å²) in [6.07, 6.45) is 1.63. The highest BCUT2D eigenvalue weighted by molar-refractivity contribution is 5.93. The number of ketones is 1. The Kier molecular flexibility index (Phi) is 5.70. The van der Waals surface area contributed by atoms with Gasteiger partial charge in [-0.2, -0.15) is 10.4 Å². The average molecular weight is 264 g/mol. The molecular formula is C12H16N4O3. The molecule has 0 fully saturated rings. The minimum Gasteiger partial charge on any atom is -0.379 e. The molecule has 0 aliphatic rings. The second kappa shape index (κ2) is 7.28. The number of aromatic amines is 1. The van der Waals surface area contributed by atoms with Crippen LogP contribution in [0.15, 0.2) is 11.0 Å². The van der Waals surface area contributed by atoms with Crippen LogP contribution in [0.3, 0.4) is 0 Å². The Balaban J connectivity index is 2.37. The van der Waals surface area contributed by atoms with Gasteiger partial charge in [-0.3, -0.25) is 9.59 Å². The topological polar surface area (TPSA) is 108 Å². The Morgan fingerprint density at radius 2 is 2.42 bits per heavy atom. The van der Waals surface area contributed by atoms with Gasteiger partial charge >= 0.3 is 0 Å². The van der Waals surface area contributed by atoms with Gasteiger partial charge < -0.3 is 10.1 Å². The van der Waals surface area contributed by atoms with E-state index in [-0.39, 0.29) is 24.6 Å². The van der Waals surface area contributed by atoms with Gasteiger partial charge in [0.25, 0.3) is 5.56 Å². The number of nitrogens with one attached hydrogen (secondary N) is 2. The van der Waals surface area contributed by atoms with Crippen LogP contribution in [0.1, 0.15) is 18.9 Å². The van der Waals surface area contributed by atoms with Gasteiger partial charge in [0, 0.05) is 18.0 Å². The van der Waals surface area contributed by atoms with Crippen molar-refractivity contribution < 1.29 is 9.53 Å². The van der Waals surface area contributed by atoms with Gasteiger partial charge in [-0.1, -0.05) is 0 Å². The van der Waals surface area contributed by atoms with Crippen LogP contribution in [-0.2, 0) is 9.53 Å². The molecule has 19 heavy (non-hydrogen) atoms. The fourth-order valence-corrected chi connectivity index (χ4v) is 1.39. The number of Topliss-reactive ketones (excluding diaryl/α,β-unsaturated/α-hetero) is 1. The smallest absolute Gasteiger partial charge is 0.269 e. The van der Waals surface area contributed by atoms with Crippen molar-refractivity contribution in [2.24, 2.45) is 0 Å². The molecule has 1 heterocycles. The summed E-state index contributed by atoms with van der Waals surface area (Å²) >= 11 is 0. The van der Waals surface area contributed by atoms with Crippen molar-refractivity contribution in [2.45, 2.75) is 26.3 Å². The fourth-order valence-electron chi connectivity index (χ4n) is 1.39. The van der Waals surface area contributed by atoms with E-state index in [2.05, 4.69) is 15.5 Å². The number of carbonyl (C=O) groups excluding carboxylic acids is 1. The molecule has 0 aliphatic carbocycles. The molecule has 0 amide bonds. The van der Waals surface area contributed by atoms with Crippen molar-refractivity contribution in [3.63, 3.8) is 0 Å². The summed E-state index contributed by atoms with van der Waals surface area (Å²) in [4.78, 5) is 22.1. The molecule has 0 saturated carbocycles. The fraction of sp³-hybridized carbons (Fsp3) is 0.500.